The van der Waals surface area contributed by atoms with Crippen molar-refractivity contribution in [2.24, 2.45) is 0 Å². The summed E-state index contributed by atoms with van der Waals surface area (Å²) in [6.07, 6.45) is 0. The average Bonchev–Trinajstić information content (AvgIpc) is 2.98. The highest BCUT2D eigenvalue weighted by atomic mass is 14.2. The summed E-state index contributed by atoms with van der Waals surface area (Å²) >= 11 is 0. The molecule has 0 radical (unpaired) electrons. The summed E-state index contributed by atoms with van der Waals surface area (Å²) in [7, 11) is 0. The topological polar surface area (TPSA) is 0 Å². The predicted octanol–water partition coefficient (Wildman–Crippen LogP) is 10.0. The lowest BCUT2D eigenvalue weighted by Gasteiger charge is -2.22. The predicted molar refractivity (Wildman–Crippen MR) is 154 cm³/mol. The second kappa shape index (κ2) is 9.90. The first-order valence-electron chi connectivity index (χ1n) is 12.4. The number of hydrogen-bond donors (Lipinski definition) is 0. The van der Waals surface area contributed by atoms with Crippen LogP contribution in [-0.4, -0.2) is 0 Å². The lowest BCUT2D eigenvalue weighted by molar-refractivity contribution is 1.53. The van der Waals surface area contributed by atoms with Gasteiger partial charge in [-0.05, 0) is 55.6 Å². The minimum atomic E-state index is 1.21. The van der Waals surface area contributed by atoms with Crippen LogP contribution in [0.2, 0.25) is 0 Å². The van der Waals surface area contributed by atoms with Crippen molar-refractivity contribution in [2.75, 3.05) is 0 Å². The van der Waals surface area contributed by atoms with E-state index in [1.807, 2.05) is 0 Å². The third-order valence-corrected chi connectivity index (χ3v) is 6.72. The van der Waals surface area contributed by atoms with Gasteiger partial charge in [-0.1, -0.05) is 158 Å². The molecule has 6 aromatic rings. The molecule has 0 unspecified atom stereocenters. The highest BCUT2D eigenvalue weighted by Gasteiger charge is 2.20. The van der Waals surface area contributed by atoms with Crippen LogP contribution in [0.4, 0.5) is 0 Å². The maximum Gasteiger partial charge on any atom is -0.00204 e. The average molecular weight is 459 g/mol. The molecular formula is C36H26. The monoisotopic (exact) mass is 458 g/mol. The van der Waals surface area contributed by atoms with E-state index in [4.69, 9.17) is 0 Å². The molecule has 0 heterocycles. The summed E-state index contributed by atoms with van der Waals surface area (Å²) in [5.41, 5.74) is 12.3. The fraction of sp³-hybridized carbons (Fsp3) is 0. The lowest BCUT2D eigenvalue weighted by Crippen LogP contribution is -1.95. The molecule has 6 rings (SSSR count). The molecule has 0 bridgehead atoms. The van der Waals surface area contributed by atoms with Gasteiger partial charge in [-0.15, -0.1) is 0 Å². The van der Waals surface area contributed by atoms with Gasteiger partial charge in [-0.25, -0.2) is 0 Å². The SMILES string of the molecule is c1ccc(-c2ccccc2-c2ccc(-c3ccccc3)c(-c3ccccc3)c2-c2ccccc2)cc1. The Morgan fingerprint density at radius 2 is 0.528 bits per heavy atom. The molecule has 0 saturated carbocycles. The van der Waals surface area contributed by atoms with Crippen molar-refractivity contribution in [3.8, 4) is 55.6 Å². The van der Waals surface area contributed by atoms with E-state index in [-0.39, 0.29) is 0 Å². The van der Waals surface area contributed by atoms with Crippen molar-refractivity contribution < 1.29 is 0 Å². The van der Waals surface area contributed by atoms with Crippen molar-refractivity contribution in [2.45, 2.75) is 0 Å². The molecule has 0 aliphatic heterocycles. The van der Waals surface area contributed by atoms with Gasteiger partial charge in [0.05, 0.1) is 0 Å². The molecule has 0 nitrogen and oxygen atoms in total. The summed E-state index contributed by atoms with van der Waals surface area (Å²) in [5.74, 6) is 0. The van der Waals surface area contributed by atoms with E-state index in [0.717, 1.165) is 0 Å². The highest BCUT2D eigenvalue weighted by Crippen LogP contribution is 2.47. The Bertz CT molecular complexity index is 1580. The Morgan fingerprint density at radius 3 is 1.03 bits per heavy atom. The van der Waals surface area contributed by atoms with E-state index in [1.165, 1.54) is 55.6 Å². The molecular weight excluding hydrogens is 432 g/mol. The van der Waals surface area contributed by atoms with E-state index < -0.39 is 0 Å². The van der Waals surface area contributed by atoms with Gasteiger partial charge in [0.2, 0.25) is 0 Å². The molecule has 170 valence electrons. The lowest BCUT2D eigenvalue weighted by atomic mass is 9.81. The van der Waals surface area contributed by atoms with Crippen LogP contribution >= 0.6 is 0 Å². The van der Waals surface area contributed by atoms with Crippen molar-refractivity contribution in [1.82, 2.24) is 0 Å². The number of hydrogen-bond acceptors (Lipinski definition) is 0. The standard InChI is InChI=1S/C36H26/c1-5-15-27(16-6-1)31-23-13-14-24-33(31)34-26-25-32(28-17-7-2-8-18-28)35(29-19-9-3-10-20-29)36(34)30-21-11-4-12-22-30/h1-26H. The van der Waals surface area contributed by atoms with Crippen molar-refractivity contribution in [1.29, 1.82) is 0 Å². The summed E-state index contributed by atoms with van der Waals surface area (Å²) < 4.78 is 0. The summed E-state index contributed by atoms with van der Waals surface area (Å²) in [5, 5.41) is 0. The minimum absolute atomic E-state index is 1.21. The zero-order valence-corrected chi connectivity index (χ0v) is 20.0. The fourth-order valence-corrected chi connectivity index (χ4v) is 5.08. The molecule has 0 aromatic heterocycles. The minimum Gasteiger partial charge on any atom is -0.0622 e. The second-order valence-electron chi connectivity index (χ2n) is 8.92. The number of rotatable bonds is 5. The third-order valence-electron chi connectivity index (χ3n) is 6.72. The molecule has 0 spiro atoms. The maximum absolute atomic E-state index is 2.30. The van der Waals surface area contributed by atoms with Gasteiger partial charge in [-0.3, -0.25) is 0 Å². The molecule has 0 aliphatic carbocycles. The second-order valence-corrected chi connectivity index (χ2v) is 8.92. The van der Waals surface area contributed by atoms with Crippen molar-refractivity contribution in [3.63, 3.8) is 0 Å². The van der Waals surface area contributed by atoms with Crippen molar-refractivity contribution >= 4 is 0 Å². The van der Waals surface area contributed by atoms with E-state index in [2.05, 4.69) is 158 Å². The van der Waals surface area contributed by atoms with Gasteiger partial charge >= 0.3 is 0 Å². The van der Waals surface area contributed by atoms with Crippen LogP contribution in [0.25, 0.3) is 55.6 Å². The molecule has 0 heteroatoms. The smallest absolute Gasteiger partial charge is 0.00204 e. The van der Waals surface area contributed by atoms with Gasteiger partial charge in [0.1, 0.15) is 0 Å². The Hall–Kier alpha value is -4.68. The third kappa shape index (κ3) is 4.15. The van der Waals surface area contributed by atoms with E-state index >= 15 is 0 Å². The van der Waals surface area contributed by atoms with E-state index in [1.54, 1.807) is 0 Å². The molecule has 0 amide bonds. The summed E-state index contributed by atoms with van der Waals surface area (Å²) in [6, 6.07) is 56.3. The quantitative estimate of drug-likeness (QED) is 0.241. The zero-order chi connectivity index (χ0) is 24.2. The van der Waals surface area contributed by atoms with E-state index in [9.17, 15) is 0 Å². The van der Waals surface area contributed by atoms with Crippen LogP contribution in [0.15, 0.2) is 158 Å². The summed E-state index contributed by atoms with van der Waals surface area (Å²) in [6.45, 7) is 0. The molecule has 0 atom stereocenters. The Morgan fingerprint density at radius 1 is 0.194 bits per heavy atom. The molecule has 0 fully saturated rings. The zero-order valence-electron chi connectivity index (χ0n) is 20.0. The largest absolute Gasteiger partial charge is 0.0622 e. The molecule has 0 aliphatic rings. The maximum atomic E-state index is 2.30. The first-order chi connectivity index (χ1) is 17.9. The fourth-order valence-electron chi connectivity index (χ4n) is 5.08. The van der Waals surface area contributed by atoms with Gasteiger partial charge in [0.25, 0.3) is 0 Å². The van der Waals surface area contributed by atoms with Crippen LogP contribution in [0.5, 0.6) is 0 Å². The van der Waals surface area contributed by atoms with Crippen LogP contribution in [0.1, 0.15) is 0 Å². The van der Waals surface area contributed by atoms with Crippen LogP contribution < -0.4 is 0 Å². The van der Waals surface area contributed by atoms with Crippen molar-refractivity contribution in [3.05, 3.63) is 158 Å². The first-order valence-corrected chi connectivity index (χ1v) is 12.4. The Balaban J connectivity index is 1.73. The van der Waals surface area contributed by atoms with E-state index in [0.29, 0.717) is 0 Å². The molecule has 0 N–H and O–H groups in total. The Kier molecular flexibility index (Phi) is 6.00. The van der Waals surface area contributed by atoms with Crippen LogP contribution in [0, 0.1) is 0 Å². The number of benzene rings is 6. The molecule has 36 heavy (non-hydrogen) atoms. The normalized spacial score (nSPS) is 10.8. The first kappa shape index (κ1) is 21.8. The summed E-state index contributed by atoms with van der Waals surface area (Å²) in [4.78, 5) is 0. The van der Waals surface area contributed by atoms with Crippen LogP contribution in [0.3, 0.4) is 0 Å². The molecule has 6 aromatic carbocycles. The highest BCUT2D eigenvalue weighted by molar-refractivity contribution is 6.03. The Labute approximate surface area is 213 Å². The van der Waals surface area contributed by atoms with Gasteiger partial charge in [0.15, 0.2) is 0 Å². The van der Waals surface area contributed by atoms with Gasteiger partial charge in [0, 0.05) is 0 Å². The van der Waals surface area contributed by atoms with Gasteiger partial charge in [-0.2, -0.15) is 0 Å². The van der Waals surface area contributed by atoms with Gasteiger partial charge < -0.3 is 0 Å². The van der Waals surface area contributed by atoms with Crippen LogP contribution in [-0.2, 0) is 0 Å². The molecule has 0 saturated heterocycles.